The highest BCUT2D eigenvalue weighted by atomic mass is 32.2. The number of carbonyl (C=O) groups is 2. The first kappa shape index (κ1) is 18.5. The van der Waals surface area contributed by atoms with E-state index < -0.39 is 27.5 Å². The molecule has 1 atom stereocenters. The van der Waals surface area contributed by atoms with Crippen molar-refractivity contribution < 1.29 is 27.5 Å². The summed E-state index contributed by atoms with van der Waals surface area (Å²) in [4.78, 5) is 26.4. The number of ether oxygens (including phenoxy) is 2. The average molecular weight is 382 g/mol. The summed E-state index contributed by atoms with van der Waals surface area (Å²) in [6.07, 6.45) is 3.14. The predicted molar refractivity (Wildman–Crippen MR) is 93.5 cm³/mol. The van der Waals surface area contributed by atoms with E-state index in [4.69, 9.17) is 9.47 Å². The first-order chi connectivity index (χ1) is 12.3. The molecule has 0 unspecified atom stereocenters. The molecule has 9 heteroatoms. The van der Waals surface area contributed by atoms with Gasteiger partial charge in [-0.05, 0) is 37.0 Å². The van der Waals surface area contributed by atoms with E-state index in [0.717, 1.165) is 24.7 Å². The highest BCUT2D eigenvalue weighted by Crippen LogP contribution is 2.33. The number of hydrogen-bond acceptors (Lipinski definition) is 6. The van der Waals surface area contributed by atoms with Gasteiger partial charge in [-0.3, -0.25) is 9.59 Å². The smallest absolute Gasteiger partial charge is 0.242 e. The van der Waals surface area contributed by atoms with Gasteiger partial charge >= 0.3 is 0 Å². The van der Waals surface area contributed by atoms with Crippen molar-refractivity contribution in [3.8, 4) is 11.5 Å². The van der Waals surface area contributed by atoms with Crippen LogP contribution in [0.5, 0.6) is 11.5 Å². The van der Waals surface area contributed by atoms with Crippen molar-refractivity contribution in [3.63, 3.8) is 0 Å². The minimum Gasteiger partial charge on any atom is -0.454 e. The Morgan fingerprint density at radius 1 is 1.27 bits per heavy atom. The maximum atomic E-state index is 12.7. The second-order valence-electron chi connectivity index (χ2n) is 6.58. The molecule has 142 valence electrons. The van der Waals surface area contributed by atoms with Crippen LogP contribution in [-0.4, -0.2) is 56.5 Å². The molecular formula is C17H22N2O6S. The minimum absolute atomic E-state index is 0.128. The Morgan fingerprint density at radius 3 is 2.81 bits per heavy atom. The number of rotatable bonds is 5. The van der Waals surface area contributed by atoms with Crippen LogP contribution in [0.25, 0.3) is 0 Å². The molecule has 0 radical (unpaired) electrons. The summed E-state index contributed by atoms with van der Waals surface area (Å²) in [6.45, 7) is 0.830. The van der Waals surface area contributed by atoms with Crippen LogP contribution in [0.2, 0.25) is 0 Å². The normalized spacial score (nSPS) is 19.6. The zero-order valence-electron chi connectivity index (χ0n) is 14.6. The Balaban J connectivity index is 1.86. The molecule has 0 aliphatic carbocycles. The fraction of sp³-hybridized carbons (Fsp3) is 0.529. The summed E-state index contributed by atoms with van der Waals surface area (Å²) in [5.41, 5.74) is 0.744. The quantitative estimate of drug-likeness (QED) is 0.794. The molecule has 1 saturated heterocycles. The summed E-state index contributed by atoms with van der Waals surface area (Å²) in [7, 11) is -3.50. The number of nitrogens with one attached hydrogen (secondary N) is 1. The lowest BCUT2D eigenvalue weighted by atomic mass is 10.1. The molecule has 1 N–H and O–H groups in total. The number of nitrogens with zero attached hydrogens (tertiary/aromatic N) is 1. The van der Waals surface area contributed by atoms with E-state index in [1.807, 2.05) is 0 Å². The predicted octanol–water partition coefficient (Wildman–Crippen LogP) is 0.457. The highest BCUT2D eigenvalue weighted by molar-refractivity contribution is 7.91. The molecule has 0 aromatic heterocycles. The van der Waals surface area contributed by atoms with Crippen LogP contribution >= 0.6 is 0 Å². The van der Waals surface area contributed by atoms with Crippen LogP contribution in [0.1, 0.15) is 24.8 Å². The lowest BCUT2D eigenvalue weighted by Crippen LogP contribution is -2.49. The Bertz CT molecular complexity index is 807. The van der Waals surface area contributed by atoms with Crippen LogP contribution in [0.3, 0.4) is 0 Å². The van der Waals surface area contributed by atoms with Gasteiger partial charge in [0.25, 0.3) is 0 Å². The van der Waals surface area contributed by atoms with Crippen LogP contribution in [0, 0.1) is 0 Å². The molecule has 26 heavy (non-hydrogen) atoms. The number of carbonyl (C=O) groups excluding carboxylic acids is 2. The van der Waals surface area contributed by atoms with Crippen molar-refractivity contribution in [2.24, 2.45) is 0 Å². The van der Waals surface area contributed by atoms with E-state index >= 15 is 0 Å². The van der Waals surface area contributed by atoms with E-state index in [1.54, 1.807) is 18.2 Å². The molecule has 8 nitrogen and oxygen atoms in total. The Hall–Kier alpha value is -2.29. The zero-order valence-corrected chi connectivity index (χ0v) is 15.4. The molecule has 1 aromatic carbocycles. The molecule has 2 aliphatic heterocycles. The van der Waals surface area contributed by atoms with E-state index in [-0.39, 0.29) is 19.2 Å². The first-order valence-electron chi connectivity index (χ1n) is 8.47. The molecule has 2 amide bonds. The maximum absolute atomic E-state index is 12.7. The van der Waals surface area contributed by atoms with Gasteiger partial charge in [-0.2, -0.15) is 0 Å². The topological polar surface area (TPSA) is 102 Å². The first-order valence-corrected chi connectivity index (χ1v) is 10.5. The van der Waals surface area contributed by atoms with Gasteiger partial charge in [0.2, 0.25) is 18.6 Å². The lowest BCUT2D eigenvalue weighted by Gasteiger charge is -2.30. The monoisotopic (exact) mass is 382 g/mol. The van der Waals surface area contributed by atoms with Gasteiger partial charge in [-0.25, -0.2) is 8.42 Å². The summed E-state index contributed by atoms with van der Waals surface area (Å²) in [5.74, 6) is -0.253. The average Bonchev–Trinajstić information content (AvgIpc) is 2.92. The summed E-state index contributed by atoms with van der Waals surface area (Å²) in [6, 6.07) is 4.59. The number of amides is 2. The fourth-order valence-electron chi connectivity index (χ4n) is 3.14. The molecule has 2 aliphatic rings. The third kappa shape index (κ3) is 4.46. The second kappa shape index (κ2) is 7.53. The second-order valence-corrected chi connectivity index (χ2v) is 8.72. The van der Waals surface area contributed by atoms with Crippen LogP contribution in [0.15, 0.2) is 18.2 Å². The highest BCUT2D eigenvalue weighted by Gasteiger charge is 2.32. The van der Waals surface area contributed by atoms with Gasteiger partial charge in [0.15, 0.2) is 21.3 Å². The van der Waals surface area contributed by atoms with Crippen LogP contribution < -0.4 is 14.8 Å². The van der Waals surface area contributed by atoms with E-state index in [1.165, 1.54) is 4.90 Å². The fourth-order valence-corrected chi connectivity index (χ4v) is 3.75. The van der Waals surface area contributed by atoms with Crippen molar-refractivity contribution in [3.05, 3.63) is 23.8 Å². The van der Waals surface area contributed by atoms with Crippen LogP contribution in [0.4, 0.5) is 0 Å². The van der Waals surface area contributed by atoms with Crippen molar-refractivity contribution in [1.29, 1.82) is 0 Å². The Morgan fingerprint density at radius 2 is 2.04 bits per heavy atom. The van der Waals surface area contributed by atoms with Crippen molar-refractivity contribution >= 4 is 21.7 Å². The van der Waals surface area contributed by atoms with Crippen molar-refractivity contribution in [1.82, 2.24) is 10.2 Å². The van der Waals surface area contributed by atoms with Gasteiger partial charge in [0.1, 0.15) is 11.8 Å². The molecule has 0 spiro atoms. The van der Waals surface area contributed by atoms with E-state index in [0.29, 0.717) is 24.5 Å². The molecule has 0 bridgehead atoms. The standard InChI is InChI=1S/C17H22N2O6S/c1-26(22,23)10-16(20)19(13-4-2-3-7-18-17(13)21)9-12-5-6-14-15(8-12)25-11-24-14/h5-6,8,13H,2-4,7,9-11H2,1H3,(H,18,21)/t13-/m0/s1. The lowest BCUT2D eigenvalue weighted by molar-refractivity contribution is -0.139. The summed E-state index contributed by atoms with van der Waals surface area (Å²) in [5, 5.41) is 2.79. The van der Waals surface area contributed by atoms with Crippen molar-refractivity contribution in [2.45, 2.75) is 31.8 Å². The summed E-state index contributed by atoms with van der Waals surface area (Å²) < 4.78 is 33.8. The molecule has 2 heterocycles. The number of fused-ring (bicyclic) bond motifs is 1. The van der Waals surface area contributed by atoms with E-state index in [2.05, 4.69) is 5.32 Å². The molecule has 3 rings (SSSR count). The van der Waals surface area contributed by atoms with Crippen molar-refractivity contribution in [2.75, 3.05) is 25.3 Å². The largest absolute Gasteiger partial charge is 0.454 e. The zero-order chi connectivity index (χ0) is 18.7. The number of benzene rings is 1. The minimum atomic E-state index is -3.50. The van der Waals surface area contributed by atoms with Gasteiger partial charge < -0.3 is 19.7 Å². The molecular weight excluding hydrogens is 360 g/mol. The van der Waals surface area contributed by atoms with Gasteiger partial charge in [-0.1, -0.05) is 6.07 Å². The van der Waals surface area contributed by atoms with E-state index in [9.17, 15) is 18.0 Å². The van der Waals surface area contributed by atoms with Gasteiger partial charge in [-0.15, -0.1) is 0 Å². The SMILES string of the molecule is CS(=O)(=O)CC(=O)N(Cc1ccc2c(c1)OCO2)[C@H]1CCCCNC1=O. The molecule has 1 fully saturated rings. The Labute approximate surface area is 152 Å². The molecule has 0 saturated carbocycles. The van der Waals surface area contributed by atoms with Crippen LogP contribution in [-0.2, 0) is 26.0 Å². The maximum Gasteiger partial charge on any atom is 0.242 e. The third-order valence-electron chi connectivity index (χ3n) is 4.38. The number of hydrogen-bond donors (Lipinski definition) is 1. The summed E-state index contributed by atoms with van der Waals surface area (Å²) >= 11 is 0. The third-order valence-corrected chi connectivity index (χ3v) is 5.15. The van der Waals surface area contributed by atoms with Gasteiger partial charge in [0, 0.05) is 19.3 Å². The number of sulfone groups is 1. The molecule has 1 aromatic rings. The van der Waals surface area contributed by atoms with Gasteiger partial charge in [0.05, 0.1) is 0 Å². The Kier molecular flexibility index (Phi) is 5.36.